The van der Waals surface area contributed by atoms with Gasteiger partial charge in [0.2, 0.25) is 0 Å². The van der Waals surface area contributed by atoms with Crippen LogP contribution in [0.3, 0.4) is 0 Å². The van der Waals surface area contributed by atoms with E-state index in [1.165, 1.54) is 6.07 Å². The van der Waals surface area contributed by atoms with Gasteiger partial charge >= 0.3 is 6.09 Å². The molecule has 0 spiro atoms. The normalized spacial score (nSPS) is 10.8. The first-order valence-electron chi connectivity index (χ1n) is 7.44. The zero-order valence-electron chi connectivity index (χ0n) is 13.8. The number of hydrogen-bond acceptors (Lipinski definition) is 4. The van der Waals surface area contributed by atoms with Crippen LogP contribution in [0.15, 0.2) is 48.5 Å². The van der Waals surface area contributed by atoms with Gasteiger partial charge in [-0.2, -0.15) is 0 Å². The number of carbonyl (C=O) groups excluding carboxylic acids is 2. The second kappa shape index (κ2) is 7.04. The van der Waals surface area contributed by atoms with Crippen molar-refractivity contribution in [3.8, 4) is 5.75 Å². The summed E-state index contributed by atoms with van der Waals surface area (Å²) in [4.78, 5) is 23.8. The zero-order chi connectivity index (χ0) is 17.7. The molecule has 0 fully saturated rings. The van der Waals surface area contributed by atoms with Crippen LogP contribution in [0.5, 0.6) is 5.75 Å². The van der Waals surface area contributed by atoms with Gasteiger partial charge in [-0.05, 0) is 57.2 Å². The Labute approximate surface area is 140 Å². The molecule has 3 N–H and O–H groups in total. The van der Waals surface area contributed by atoms with Crippen LogP contribution in [-0.2, 0) is 4.74 Å². The van der Waals surface area contributed by atoms with E-state index in [-0.39, 0.29) is 11.7 Å². The summed E-state index contributed by atoms with van der Waals surface area (Å²) in [5.74, 6) is -0.366. The van der Waals surface area contributed by atoms with E-state index in [4.69, 9.17) is 4.74 Å². The average Bonchev–Trinajstić information content (AvgIpc) is 2.48. The highest BCUT2D eigenvalue weighted by molar-refractivity contribution is 6.05. The predicted molar refractivity (Wildman–Crippen MR) is 92.4 cm³/mol. The van der Waals surface area contributed by atoms with E-state index < -0.39 is 11.7 Å². The third kappa shape index (κ3) is 5.01. The molecule has 2 aromatic carbocycles. The SMILES string of the molecule is CC(C)(C)OC(=O)Nc1ccc(C(=O)Nc2ccccc2O)cc1. The van der Waals surface area contributed by atoms with Crippen molar-refractivity contribution >= 4 is 23.4 Å². The highest BCUT2D eigenvalue weighted by Crippen LogP contribution is 2.22. The summed E-state index contributed by atoms with van der Waals surface area (Å²) in [6.45, 7) is 5.33. The molecule has 0 saturated heterocycles. The molecule has 2 rings (SSSR count). The smallest absolute Gasteiger partial charge is 0.412 e. The molecule has 0 radical (unpaired) electrons. The molecule has 0 saturated carbocycles. The lowest BCUT2D eigenvalue weighted by molar-refractivity contribution is 0.0636. The van der Waals surface area contributed by atoms with E-state index >= 15 is 0 Å². The third-order valence-electron chi connectivity index (χ3n) is 2.94. The van der Waals surface area contributed by atoms with Gasteiger partial charge in [0.05, 0.1) is 5.69 Å². The van der Waals surface area contributed by atoms with Crippen LogP contribution in [0.25, 0.3) is 0 Å². The van der Waals surface area contributed by atoms with Crippen molar-refractivity contribution < 1.29 is 19.4 Å². The maximum atomic E-state index is 12.2. The van der Waals surface area contributed by atoms with Gasteiger partial charge in [0.1, 0.15) is 11.4 Å². The van der Waals surface area contributed by atoms with E-state index in [1.54, 1.807) is 63.2 Å². The Hall–Kier alpha value is -3.02. The molecule has 24 heavy (non-hydrogen) atoms. The second-order valence-corrected chi connectivity index (χ2v) is 6.18. The fourth-order valence-corrected chi connectivity index (χ4v) is 1.90. The summed E-state index contributed by atoms with van der Waals surface area (Å²) < 4.78 is 5.15. The Morgan fingerprint density at radius 1 is 0.958 bits per heavy atom. The Kier molecular flexibility index (Phi) is 5.08. The van der Waals surface area contributed by atoms with Gasteiger partial charge in [-0.3, -0.25) is 10.1 Å². The molecule has 2 aromatic rings. The molecule has 0 aliphatic carbocycles. The summed E-state index contributed by atoms with van der Waals surface area (Å²) in [5.41, 5.74) is 0.663. The highest BCUT2D eigenvalue weighted by Gasteiger charge is 2.16. The molecule has 2 amide bonds. The summed E-state index contributed by atoms with van der Waals surface area (Å²) in [5, 5.41) is 14.9. The van der Waals surface area contributed by atoms with Gasteiger partial charge in [0, 0.05) is 11.3 Å². The molecule has 0 unspecified atom stereocenters. The number of amides is 2. The molecule has 0 atom stereocenters. The Morgan fingerprint density at radius 3 is 2.17 bits per heavy atom. The van der Waals surface area contributed by atoms with Crippen LogP contribution in [0.2, 0.25) is 0 Å². The number of carbonyl (C=O) groups is 2. The third-order valence-corrected chi connectivity index (χ3v) is 2.94. The topological polar surface area (TPSA) is 87.7 Å². The van der Waals surface area contributed by atoms with Crippen molar-refractivity contribution in [3.63, 3.8) is 0 Å². The largest absolute Gasteiger partial charge is 0.506 e. The molecule has 0 aromatic heterocycles. The lowest BCUT2D eigenvalue weighted by Crippen LogP contribution is -2.27. The van der Waals surface area contributed by atoms with Gasteiger partial charge in [-0.1, -0.05) is 12.1 Å². The molecule has 126 valence electrons. The van der Waals surface area contributed by atoms with Crippen LogP contribution >= 0.6 is 0 Å². The summed E-state index contributed by atoms with van der Waals surface area (Å²) in [7, 11) is 0. The van der Waals surface area contributed by atoms with E-state index in [0.717, 1.165) is 0 Å². The minimum absolute atomic E-state index is 0.00550. The van der Waals surface area contributed by atoms with Crippen LogP contribution in [0.4, 0.5) is 16.2 Å². The number of phenolic OH excluding ortho intramolecular Hbond substituents is 1. The summed E-state index contributed by atoms with van der Waals surface area (Å²) in [6, 6.07) is 12.8. The van der Waals surface area contributed by atoms with Gasteiger partial charge < -0.3 is 15.2 Å². The van der Waals surface area contributed by atoms with Crippen molar-refractivity contribution in [2.24, 2.45) is 0 Å². The van der Waals surface area contributed by atoms with Gasteiger partial charge in [-0.25, -0.2) is 4.79 Å². The average molecular weight is 328 g/mol. The van der Waals surface area contributed by atoms with E-state index in [2.05, 4.69) is 10.6 Å². The summed E-state index contributed by atoms with van der Waals surface area (Å²) in [6.07, 6.45) is -0.561. The quantitative estimate of drug-likeness (QED) is 0.743. The molecular formula is C18H20N2O4. The fraction of sp³-hybridized carbons (Fsp3) is 0.222. The lowest BCUT2D eigenvalue weighted by Gasteiger charge is -2.19. The predicted octanol–water partition coefficient (Wildman–Crippen LogP) is 3.99. The number of rotatable bonds is 3. The monoisotopic (exact) mass is 328 g/mol. The Balaban J connectivity index is 2.00. The van der Waals surface area contributed by atoms with Crippen LogP contribution in [-0.4, -0.2) is 22.7 Å². The maximum Gasteiger partial charge on any atom is 0.412 e. The molecule has 6 nitrogen and oxygen atoms in total. The number of anilines is 2. The maximum absolute atomic E-state index is 12.2. The zero-order valence-corrected chi connectivity index (χ0v) is 13.8. The Morgan fingerprint density at radius 2 is 1.58 bits per heavy atom. The first-order chi connectivity index (χ1) is 11.2. The molecule has 0 aliphatic heterocycles. The van der Waals surface area contributed by atoms with Gasteiger partial charge in [0.15, 0.2) is 0 Å². The van der Waals surface area contributed by atoms with Gasteiger partial charge in [-0.15, -0.1) is 0 Å². The first kappa shape index (κ1) is 17.3. The van der Waals surface area contributed by atoms with E-state index in [9.17, 15) is 14.7 Å². The Bertz CT molecular complexity index is 733. The molecular weight excluding hydrogens is 308 g/mol. The van der Waals surface area contributed by atoms with Crippen LogP contribution in [0, 0.1) is 0 Å². The number of phenols is 1. The number of nitrogens with one attached hydrogen (secondary N) is 2. The van der Waals surface area contributed by atoms with Crippen molar-refractivity contribution in [2.75, 3.05) is 10.6 Å². The van der Waals surface area contributed by atoms with Crippen molar-refractivity contribution in [1.29, 1.82) is 0 Å². The highest BCUT2D eigenvalue weighted by atomic mass is 16.6. The lowest BCUT2D eigenvalue weighted by atomic mass is 10.2. The molecule has 0 aliphatic rings. The molecule has 0 bridgehead atoms. The van der Waals surface area contributed by atoms with Crippen molar-refractivity contribution in [2.45, 2.75) is 26.4 Å². The number of ether oxygens (including phenoxy) is 1. The minimum Gasteiger partial charge on any atom is -0.506 e. The molecule has 6 heteroatoms. The van der Waals surface area contributed by atoms with Crippen LogP contribution in [0.1, 0.15) is 31.1 Å². The number of benzene rings is 2. The van der Waals surface area contributed by atoms with Crippen LogP contribution < -0.4 is 10.6 Å². The van der Waals surface area contributed by atoms with Crippen molar-refractivity contribution in [1.82, 2.24) is 0 Å². The molecule has 0 heterocycles. The number of aromatic hydroxyl groups is 1. The van der Waals surface area contributed by atoms with Crippen molar-refractivity contribution in [3.05, 3.63) is 54.1 Å². The standard InChI is InChI=1S/C18H20N2O4/c1-18(2,3)24-17(23)19-13-10-8-12(9-11-13)16(22)20-14-6-4-5-7-15(14)21/h4-11,21H,1-3H3,(H,19,23)(H,20,22). The minimum atomic E-state index is -0.582. The first-order valence-corrected chi connectivity index (χ1v) is 7.44. The second-order valence-electron chi connectivity index (χ2n) is 6.18. The van der Waals surface area contributed by atoms with E-state index in [1.807, 2.05) is 0 Å². The number of hydrogen-bond donors (Lipinski definition) is 3. The number of para-hydroxylation sites is 2. The fourth-order valence-electron chi connectivity index (χ4n) is 1.90. The van der Waals surface area contributed by atoms with Gasteiger partial charge in [0.25, 0.3) is 5.91 Å². The van der Waals surface area contributed by atoms with E-state index in [0.29, 0.717) is 16.9 Å². The summed E-state index contributed by atoms with van der Waals surface area (Å²) >= 11 is 0.